The molecule has 1 N–H and O–H groups in total. The summed E-state index contributed by atoms with van der Waals surface area (Å²) < 4.78 is 11.1. The molecule has 2 aliphatic heterocycles. The molecule has 3 amide bonds. The second-order valence-electron chi connectivity index (χ2n) is 8.12. The van der Waals surface area contributed by atoms with Gasteiger partial charge in [-0.15, -0.1) is 0 Å². The Morgan fingerprint density at radius 3 is 2.68 bits per heavy atom. The number of hydrogen-bond acceptors (Lipinski definition) is 4. The highest BCUT2D eigenvalue weighted by atomic mass is 16.5. The number of amides is 3. The van der Waals surface area contributed by atoms with Crippen LogP contribution in [-0.2, 0) is 11.3 Å². The monoisotopic (exact) mass is 423 g/mol. The zero-order valence-electron chi connectivity index (χ0n) is 18.0. The van der Waals surface area contributed by atoms with Gasteiger partial charge in [0.05, 0.1) is 19.3 Å². The lowest BCUT2D eigenvalue weighted by atomic mass is 9.96. The van der Waals surface area contributed by atoms with Crippen LogP contribution in [-0.4, -0.2) is 49.7 Å². The summed E-state index contributed by atoms with van der Waals surface area (Å²) in [4.78, 5) is 29.5. The maximum absolute atomic E-state index is 13.2. The fourth-order valence-corrected chi connectivity index (χ4v) is 4.19. The number of para-hydroxylation sites is 2. The third-order valence-electron chi connectivity index (χ3n) is 5.89. The summed E-state index contributed by atoms with van der Waals surface area (Å²) >= 11 is 0. The van der Waals surface area contributed by atoms with Crippen LogP contribution in [0.2, 0.25) is 0 Å². The van der Waals surface area contributed by atoms with Crippen molar-refractivity contribution < 1.29 is 19.1 Å². The second-order valence-corrected chi connectivity index (χ2v) is 8.12. The van der Waals surface area contributed by atoms with E-state index in [1.165, 1.54) is 0 Å². The number of likely N-dealkylation sites (tertiary alicyclic amines) is 1. The topological polar surface area (TPSA) is 71.1 Å². The van der Waals surface area contributed by atoms with Gasteiger partial charge in [-0.3, -0.25) is 9.69 Å². The van der Waals surface area contributed by atoms with E-state index in [0.29, 0.717) is 39.0 Å². The molecular formula is C24H29N3O4. The van der Waals surface area contributed by atoms with Crippen LogP contribution in [0.4, 0.5) is 10.5 Å². The SMILES string of the molecule is COc1cccc(CNC(=O)C2CCN(C(=O)N3CC(C)Oc4ccccc43)CC2)c1. The van der Waals surface area contributed by atoms with Crippen LogP contribution in [0.15, 0.2) is 48.5 Å². The molecule has 0 radical (unpaired) electrons. The Morgan fingerprint density at radius 1 is 1.13 bits per heavy atom. The number of nitrogens with zero attached hydrogens (tertiary/aromatic N) is 2. The Balaban J connectivity index is 1.31. The van der Waals surface area contributed by atoms with Crippen LogP contribution in [0.3, 0.4) is 0 Å². The molecular weight excluding hydrogens is 394 g/mol. The average molecular weight is 424 g/mol. The number of urea groups is 1. The first-order valence-corrected chi connectivity index (χ1v) is 10.8. The van der Waals surface area contributed by atoms with Crippen LogP contribution in [0.5, 0.6) is 11.5 Å². The van der Waals surface area contributed by atoms with E-state index in [1.807, 2.05) is 60.4 Å². The summed E-state index contributed by atoms with van der Waals surface area (Å²) in [7, 11) is 1.63. The molecule has 164 valence electrons. The van der Waals surface area contributed by atoms with Gasteiger partial charge in [-0.2, -0.15) is 0 Å². The highest BCUT2D eigenvalue weighted by Crippen LogP contribution is 2.34. The summed E-state index contributed by atoms with van der Waals surface area (Å²) in [6.45, 7) is 4.11. The van der Waals surface area contributed by atoms with Crippen molar-refractivity contribution in [3.05, 3.63) is 54.1 Å². The van der Waals surface area contributed by atoms with Crippen molar-refractivity contribution in [3.8, 4) is 11.5 Å². The number of rotatable bonds is 4. The van der Waals surface area contributed by atoms with Gasteiger partial charge in [-0.05, 0) is 49.6 Å². The second kappa shape index (κ2) is 9.29. The normalized spacial score (nSPS) is 18.7. The van der Waals surface area contributed by atoms with Gasteiger partial charge in [-0.25, -0.2) is 4.79 Å². The van der Waals surface area contributed by atoms with Gasteiger partial charge in [0, 0.05) is 25.6 Å². The van der Waals surface area contributed by atoms with E-state index in [4.69, 9.17) is 9.47 Å². The van der Waals surface area contributed by atoms with E-state index in [9.17, 15) is 9.59 Å². The van der Waals surface area contributed by atoms with Crippen LogP contribution >= 0.6 is 0 Å². The predicted octanol–water partition coefficient (Wildman–Crippen LogP) is 3.43. The van der Waals surface area contributed by atoms with Crippen molar-refractivity contribution in [3.63, 3.8) is 0 Å². The molecule has 2 aliphatic rings. The summed E-state index contributed by atoms with van der Waals surface area (Å²) in [6, 6.07) is 15.3. The van der Waals surface area contributed by atoms with Crippen molar-refractivity contribution >= 4 is 17.6 Å². The summed E-state index contributed by atoms with van der Waals surface area (Å²) in [5, 5.41) is 3.02. The van der Waals surface area contributed by atoms with Gasteiger partial charge in [0.25, 0.3) is 0 Å². The number of fused-ring (bicyclic) bond motifs is 1. The number of carbonyl (C=O) groups excluding carboxylic acids is 2. The molecule has 2 heterocycles. The van der Waals surface area contributed by atoms with Gasteiger partial charge >= 0.3 is 6.03 Å². The van der Waals surface area contributed by atoms with E-state index < -0.39 is 0 Å². The lowest BCUT2D eigenvalue weighted by Gasteiger charge is -2.39. The Labute approximate surface area is 182 Å². The third kappa shape index (κ3) is 4.76. The van der Waals surface area contributed by atoms with E-state index in [2.05, 4.69) is 5.32 Å². The summed E-state index contributed by atoms with van der Waals surface area (Å²) in [6.07, 6.45) is 1.27. The molecule has 7 heteroatoms. The molecule has 1 unspecified atom stereocenters. The van der Waals surface area contributed by atoms with Crippen LogP contribution in [0.1, 0.15) is 25.3 Å². The first-order valence-electron chi connectivity index (χ1n) is 10.8. The van der Waals surface area contributed by atoms with Gasteiger partial charge in [0.15, 0.2) is 0 Å². The fraction of sp³-hybridized carbons (Fsp3) is 0.417. The maximum atomic E-state index is 13.2. The van der Waals surface area contributed by atoms with Gasteiger partial charge in [0.2, 0.25) is 5.91 Å². The molecule has 1 fully saturated rings. The largest absolute Gasteiger partial charge is 0.497 e. The minimum atomic E-state index is -0.0782. The predicted molar refractivity (Wildman–Crippen MR) is 118 cm³/mol. The summed E-state index contributed by atoms with van der Waals surface area (Å²) in [5.41, 5.74) is 1.81. The number of anilines is 1. The van der Waals surface area contributed by atoms with Gasteiger partial charge in [-0.1, -0.05) is 24.3 Å². The molecule has 1 saturated heterocycles. The highest BCUT2D eigenvalue weighted by Gasteiger charge is 2.33. The molecule has 7 nitrogen and oxygen atoms in total. The molecule has 1 atom stereocenters. The van der Waals surface area contributed by atoms with Gasteiger partial charge < -0.3 is 19.7 Å². The number of piperidine rings is 1. The van der Waals surface area contributed by atoms with E-state index in [1.54, 1.807) is 12.0 Å². The van der Waals surface area contributed by atoms with E-state index in [-0.39, 0.29) is 24.0 Å². The Kier molecular flexibility index (Phi) is 6.30. The number of carbonyl (C=O) groups is 2. The third-order valence-corrected chi connectivity index (χ3v) is 5.89. The van der Waals surface area contributed by atoms with Crippen LogP contribution in [0.25, 0.3) is 0 Å². The molecule has 0 spiro atoms. The number of nitrogens with one attached hydrogen (secondary N) is 1. The zero-order chi connectivity index (χ0) is 21.8. The molecule has 0 bridgehead atoms. The molecule has 4 rings (SSSR count). The van der Waals surface area contributed by atoms with E-state index in [0.717, 1.165) is 22.7 Å². The van der Waals surface area contributed by atoms with Gasteiger partial charge in [0.1, 0.15) is 17.6 Å². The van der Waals surface area contributed by atoms with Crippen molar-refractivity contribution in [2.45, 2.75) is 32.4 Å². The van der Waals surface area contributed by atoms with Crippen LogP contribution < -0.4 is 19.7 Å². The quantitative estimate of drug-likeness (QED) is 0.818. The number of methoxy groups -OCH3 is 1. The van der Waals surface area contributed by atoms with Crippen molar-refractivity contribution in [2.24, 2.45) is 5.92 Å². The first-order chi connectivity index (χ1) is 15.0. The Hall–Kier alpha value is -3.22. The fourth-order valence-electron chi connectivity index (χ4n) is 4.19. The highest BCUT2D eigenvalue weighted by molar-refractivity contribution is 5.94. The van der Waals surface area contributed by atoms with Crippen LogP contribution in [0, 0.1) is 5.92 Å². The molecule has 31 heavy (non-hydrogen) atoms. The Bertz CT molecular complexity index is 940. The minimum absolute atomic E-state index is 0.0159. The Morgan fingerprint density at radius 2 is 1.90 bits per heavy atom. The molecule has 0 saturated carbocycles. The zero-order valence-corrected chi connectivity index (χ0v) is 18.0. The van der Waals surface area contributed by atoms with Crippen molar-refractivity contribution in [1.29, 1.82) is 0 Å². The molecule has 0 aliphatic carbocycles. The van der Waals surface area contributed by atoms with Crippen molar-refractivity contribution in [2.75, 3.05) is 31.6 Å². The van der Waals surface area contributed by atoms with E-state index >= 15 is 0 Å². The lowest BCUT2D eigenvalue weighted by Crippen LogP contribution is -2.52. The molecule has 2 aromatic carbocycles. The smallest absolute Gasteiger partial charge is 0.324 e. The molecule has 0 aromatic heterocycles. The number of hydrogen-bond donors (Lipinski definition) is 1. The standard InChI is InChI=1S/C24H29N3O4/c1-17-16-27(21-8-3-4-9-22(21)31-17)24(29)26-12-10-19(11-13-26)23(28)25-15-18-6-5-7-20(14-18)30-2/h3-9,14,17,19H,10-13,15-16H2,1-2H3,(H,25,28). The first kappa shape index (κ1) is 21.0. The lowest BCUT2D eigenvalue weighted by molar-refractivity contribution is -0.126. The average Bonchev–Trinajstić information content (AvgIpc) is 2.81. The maximum Gasteiger partial charge on any atom is 0.324 e. The molecule has 2 aromatic rings. The van der Waals surface area contributed by atoms with Crippen molar-refractivity contribution in [1.82, 2.24) is 10.2 Å². The summed E-state index contributed by atoms with van der Waals surface area (Å²) in [5.74, 6) is 1.48. The number of benzene rings is 2. The minimum Gasteiger partial charge on any atom is -0.497 e. The number of ether oxygens (including phenoxy) is 2.